The minimum absolute atomic E-state index is 0.181. The van der Waals surface area contributed by atoms with E-state index in [1.54, 1.807) is 24.3 Å². The van der Waals surface area contributed by atoms with Crippen molar-refractivity contribution in [3.8, 4) is 0 Å². The van der Waals surface area contributed by atoms with Crippen molar-refractivity contribution in [3.63, 3.8) is 0 Å². The molecule has 0 atom stereocenters. The minimum Gasteiger partial charge on any atom is -0.398 e. The van der Waals surface area contributed by atoms with Crippen LogP contribution >= 0.6 is 0 Å². The maximum Gasteiger partial charge on any atom is 0.351 e. The number of hydrogen-bond acceptors (Lipinski definition) is 10. The molecule has 0 aliphatic heterocycles. The van der Waals surface area contributed by atoms with E-state index >= 15 is 0 Å². The molecule has 0 bridgehead atoms. The number of rotatable bonds is 5. The van der Waals surface area contributed by atoms with Gasteiger partial charge in [-0.25, -0.2) is 37.7 Å². The molecule has 4 aromatic heterocycles. The second-order valence-electron chi connectivity index (χ2n) is 11.2. The zero-order valence-corrected chi connectivity index (χ0v) is 26.2. The Morgan fingerprint density at radius 3 is 1.61 bits per heavy atom. The number of carbonyl (C=O) groups is 1. The van der Waals surface area contributed by atoms with E-state index in [1.807, 2.05) is 72.8 Å². The van der Waals surface area contributed by atoms with Crippen molar-refractivity contribution in [2.24, 2.45) is 0 Å². The van der Waals surface area contributed by atoms with Crippen molar-refractivity contribution in [1.82, 2.24) is 38.3 Å². The van der Waals surface area contributed by atoms with Crippen molar-refractivity contribution >= 4 is 62.3 Å². The molecule has 0 aliphatic carbocycles. The Morgan fingerprint density at radius 2 is 1.08 bits per heavy atom. The first-order valence-corrected chi connectivity index (χ1v) is 15.2. The average molecular weight is 655 g/mol. The summed E-state index contributed by atoms with van der Waals surface area (Å²) in [6.07, 6.45) is 0. The van der Waals surface area contributed by atoms with Gasteiger partial charge in [0.25, 0.3) is 0 Å². The number of amides is 1. The van der Waals surface area contributed by atoms with Gasteiger partial charge in [-0.05, 0) is 47.5 Å². The minimum atomic E-state index is -0.317. The predicted molar refractivity (Wildman–Crippen MR) is 188 cm³/mol. The fourth-order valence-electron chi connectivity index (χ4n) is 5.61. The third-order valence-corrected chi connectivity index (χ3v) is 7.89. The van der Waals surface area contributed by atoms with Gasteiger partial charge in [0.2, 0.25) is 17.2 Å². The number of nitrogen functional groups attached to an aromatic ring is 3. The first kappa shape index (κ1) is 30.6. The van der Waals surface area contributed by atoms with Crippen LogP contribution in [0.3, 0.4) is 0 Å². The molecule has 0 spiro atoms. The molecule has 15 nitrogen and oxygen atoms in total. The van der Waals surface area contributed by atoms with E-state index in [0.717, 1.165) is 11.1 Å². The van der Waals surface area contributed by atoms with Gasteiger partial charge >= 0.3 is 11.4 Å². The SMILES string of the molecule is CC(=O)Nc1ccccc1Cn1nc2c(N)nc3ccccc3n2c1=O.Nc1ccccc1Cn1nc2c(N)nc3ccccc3n2c1=O. The molecule has 0 fully saturated rings. The van der Waals surface area contributed by atoms with Crippen molar-refractivity contribution in [2.75, 3.05) is 22.5 Å². The van der Waals surface area contributed by atoms with Crippen LogP contribution in [0.5, 0.6) is 0 Å². The van der Waals surface area contributed by atoms with Crippen molar-refractivity contribution in [3.05, 3.63) is 129 Å². The highest BCUT2D eigenvalue weighted by atomic mass is 16.2. The Labute approximate surface area is 276 Å². The lowest BCUT2D eigenvalue weighted by molar-refractivity contribution is -0.114. The van der Waals surface area contributed by atoms with Gasteiger partial charge in [0.15, 0.2) is 11.6 Å². The number of carbonyl (C=O) groups excluding carboxylic acids is 1. The summed E-state index contributed by atoms with van der Waals surface area (Å²) in [5.74, 6) is 0.231. The summed E-state index contributed by atoms with van der Waals surface area (Å²) in [6.45, 7) is 1.91. The predicted octanol–water partition coefficient (Wildman–Crippen LogP) is 2.89. The normalized spacial score (nSPS) is 11.2. The van der Waals surface area contributed by atoms with Gasteiger partial charge in [-0.3, -0.25) is 4.79 Å². The first-order valence-electron chi connectivity index (χ1n) is 15.2. The van der Waals surface area contributed by atoms with Crippen LogP contribution in [0.1, 0.15) is 18.1 Å². The summed E-state index contributed by atoms with van der Waals surface area (Å²) in [5.41, 5.74) is 23.4. The number of benzene rings is 4. The van der Waals surface area contributed by atoms with Crippen molar-refractivity contribution in [1.29, 1.82) is 0 Å². The molecular weight excluding hydrogens is 624 g/mol. The Balaban J connectivity index is 0.000000155. The molecule has 8 rings (SSSR count). The number of para-hydroxylation sites is 6. The highest BCUT2D eigenvalue weighted by molar-refractivity contribution is 5.89. The molecule has 0 aliphatic rings. The summed E-state index contributed by atoms with van der Waals surface area (Å²) >= 11 is 0. The van der Waals surface area contributed by atoms with Crippen LogP contribution in [0.15, 0.2) is 107 Å². The smallest absolute Gasteiger partial charge is 0.351 e. The van der Waals surface area contributed by atoms with Crippen LogP contribution in [0, 0.1) is 0 Å². The monoisotopic (exact) mass is 654 g/mol. The van der Waals surface area contributed by atoms with Crippen LogP contribution in [-0.4, -0.2) is 44.2 Å². The summed E-state index contributed by atoms with van der Waals surface area (Å²) in [5, 5.41) is 11.4. The zero-order chi connectivity index (χ0) is 34.2. The van der Waals surface area contributed by atoms with Gasteiger partial charge in [-0.1, -0.05) is 60.7 Å². The number of aromatic nitrogens is 8. The van der Waals surface area contributed by atoms with Gasteiger partial charge in [-0.15, -0.1) is 10.2 Å². The van der Waals surface area contributed by atoms with Gasteiger partial charge in [0, 0.05) is 18.3 Å². The number of fused-ring (bicyclic) bond motifs is 6. The van der Waals surface area contributed by atoms with Crippen LogP contribution < -0.4 is 33.9 Å². The molecule has 8 aromatic rings. The number of nitrogens with one attached hydrogen (secondary N) is 1. The molecule has 0 saturated carbocycles. The fraction of sp³-hybridized carbons (Fsp3) is 0.0882. The number of hydrogen-bond donors (Lipinski definition) is 4. The Kier molecular flexibility index (Phi) is 7.68. The molecule has 1 amide bonds. The molecule has 15 heteroatoms. The third-order valence-electron chi connectivity index (χ3n) is 7.89. The van der Waals surface area contributed by atoms with E-state index < -0.39 is 0 Å². The van der Waals surface area contributed by atoms with E-state index in [1.165, 1.54) is 25.1 Å². The number of anilines is 4. The molecule has 244 valence electrons. The second-order valence-corrected chi connectivity index (χ2v) is 11.2. The van der Waals surface area contributed by atoms with E-state index in [4.69, 9.17) is 17.2 Å². The van der Waals surface area contributed by atoms with E-state index in [0.29, 0.717) is 44.7 Å². The quantitative estimate of drug-likeness (QED) is 0.199. The molecule has 0 unspecified atom stereocenters. The van der Waals surface area contributed by atoms with E-state index in [-0.39, 0.29) is 42.0 Å². The van der Waals surface area contributed by atoms with E-state index in [9.17, 15) is 14.4 Å². The standard InChI is InChI=1S/C18H16N6O2.C16H14N6O/c1-11(25)20-13-7-3-2-6-12(13)10-23-18(26)24-15-9-5-4-8-14(15)21-16(19)17(24)22-23;17-11-6-2-1-5-10(11)9-21-16(23)22-13-8-4-3-7-12(13)19-14(18)15(22)20-21/h2-9H,10H2,1H3,(H2,19,21)(H,20,25);1-8H,9,17H2,(H2,18,19). The molecule has 0 saturated heterocycles. The van der Waals surface area contributed by atoms with Crippen molar-refractivity contribution < 1.29 is 4.79 Å². The van der Waals surface area contributed by atoms with Crippen LogP contribution in [0.2, 0.25) is 0 Å². The summed E-state index contributed by atoms with van der Waals surface area (Å²) in [7, 11) is 0. The Morgan fingerprint density at radius 1 is 0.633 bits per heavy atom. The summed E-state index contributed by atoms with van der Waals surface area (Å²) < 4.78 is 5.61. The summed E-state index contributed by atoms with van der Waals surface area (Å²) in [6, 6.07) is 29.2. The highest BCUT2D eigenvalue weighted by Crippen LogP contribution is 2.20. The van der Waals surface area contributed by atoms with Crippen LogP contribution in [-0.2, 0) is 17.9 Å². The third kappa shape index (κ3) is 5.65. The zero-order valence-electron chi connectivity index (χ0n) is 26.2. The maximum absolute atomic E-state index is 12.9. The van der Waals surface area contributed by atoms with Crippen molar-refractivity contribution in [2.45, 2.75) is 20.0 Å². The maximum atomic E-state index is 12.9. The summed E-state index contributed by atoms with van der Waals surface area (Å²) in [4.78, 5) is 45.7. The fourth-order valence-corrected chi connectivity index (χ4v) is 5.61. The molecule has 49 heavy (non-hydrogen) atoms. The number of nitrogens with two attached hydrogens (primary N) is 3. The first-order chi connectivity index (χ1) is 23.7. The number of nitrogens with zero attached hydrogens (tertiary/aromatic N) is 8. The molecule has 4 aromatic carbocycles. The van der Waals surface area contributed by atoms with Crippen LogP contribution in [0.25, 0.3) is 33.4 Å². The Hall–Kier alpha value is -7.03. The lowest BCUT2D eigenvalue weighted by Crippen LogP contribution is -2.23. The largest absolute Gasteiger partial charge is 0.398 e. The van der Waals surface area contributed by atoms with Gasteiger partial charge in [0.05, 0.1) is 35.2 Å². The lowest BCUT2D eigenvalue weighted by atomic mass is 10.2. The highest BCUT2D eigenvalue weighted by Gasteiger charge is 2.17. The lowest BCUT2D eigenvalue weighted by Gasteiger charge is -2.08. The molecule has 0 radical (unpaired) electrons. The van der Waals surface area contributed by atoms with Gasteiger partial charge in [-0.2, -0.15) is 0 Å². The second kappa shape index (κ2) is 12.3. The van der Waals surface area contributed by atoms with Crippen LogP contribution in [0.4, 0.5) is 23.0 Å². The van der Waals surface area contributed by atoms with Gasteiger partial charge < -0.3 is 22.5 Å². The Bertz CT molecular complexity index is 2670. The van der Waals surface area contributed by atoms with Gasteiger partial charge in [0.1, 0.15) is 0 Å². The molecule has 7 N–H and O–H groups in total. The van der Waals surface area contributed by atoms with E-state index in [2.05, 4.69) is 25.5 Å². The average Bonchev–Trinajstić information content (AvgIpc) is 3.60. The molecular formula is C34H30N12O3. The topological polar surface area (TPSA) is 212 Å². The molecule has 4 heterocycles.